The van der Waals surface area contributed by atoms with Crippen LogP contribution in [0.3, 0.4) is 0 Å². The highest BCUT2D eigenvalue weighted by atomic mass is 28.5. The van der Waals surface area contributed by atoms with Crippen molar-refractivity contribution in [3.8, 4) is 0 Å². The van der Waals surface area contributed by atoms with Gasteiger partial charge in [-0.1, -0.05) is 30.3 Å². The molecule has 1 heterocycles. The predicted molar refractivity (Wildman–Crippen MR) is 80.7 cm³/mol. The molecule has 1 fully saturated rings. The van der Waals surface area contributed by atoms with Crippen LogP contribution < -0.4 is 5.19 Å². The zero-order chi connectivity index (χ0) is 15.6. The van der Waals surface area contributed by atoms with Gasteiger partial charge in [0.2, 0.25) is 0 Å². The molecular weight excluding hydrogens is 328 g/mol. The van der Waals surface area contributed by atoms with Crippen LogP contribution in [0.2, 0.25) is 18.6 Å². The standard InChI is InChI=1S/C11H20O7Si3/c1-19(12,13)18-21(15)10-8-16-20(14,9-7-17-21)11-5-3-2-4-6-11/h2-6,12-15H,7-10H2,1H3. The van der Waals surface area contributed by atoms with E-state index < -0.39 is 26.2 Å². The molecule has 0 aromatic heterocycles. The maximum Gasteiger partial charge on any atom is 0.493 e. The molecule has 2 rings (SSSR count). The van der Waals surface area contributed by atoms with Crippen LogP contribution in [0.1, 0.15) is 0 Å². The van der Waals surface area contributed by atoms with Crippen LogP contribution >= 0.6 is 0 Å². The van der Waals surface area contributed by atoms with Gasteiger partial charge in [0.1, 0.15) is 0 Å². The van der Waals surface area contributed by atoms with Crippen molar-refractivity contribution in [2.45, 2.75) is 18.6 Å². The summed E-state index contributed by atoms with van der Waals surface area (Å²) in [5.74, 6) is 0. The van der Waals surface area contributed by atoms with Crippen LogP contribution in [-0.2, 0) is 13.0 Å². The molecule has 1 aliphatic rings. The van der Waals surface area contributed by atoms with Gasteiger partial charge in [0, 0.05) is 31.8 Å². The van der Waals surface area contributed by atoms with E-state index >= 15 is 0 Å². The van der Waals surface area contributed by atoms with E-state index in [0.717, 1.165) is 11.7 Å². The van der Waals surface area contributed by atoms with E-state index in [9.17, 15) is 19.2 Å². The van der Waals surface area contributed by atoms with Gasteiger partial charge in [-0.15, -0.1) is 0 Å². The van der Waals surface area contributed by atoms with Gasteiger partial charge < -0.3 is 32.1 Å². The monoisotopic (exact) mass is 348 g/mol. The molecule has 2 atom stereocenters. The van der Waals surface area contributed by atoms with Gasteiger partial charge in [0.05, 0.1) is 0 Å². The maximum atomic E-state index is 10.7. The second kappa shape index (κ2) is 6.37. The fourth-order valence-electron chi connectivity index (χ4n) is 2.15. The van der Waals surface area contributed by atoms with Crippen molar-refractivity contribution in [3.05, 3.63) is 30.3 Å². The Morgan fingerprint density at radius 2 is 1.67 bits per heavy atom. The molecule has 0 spiro atoms. The Morgan fingerprint density at radius 1 is 1.05 bits per heavy atom. The third-order valence-corrected chi connectivity index (χ3v) is 10.2. The van der Waals surface area contributed by atoms with Crippen LogP contribution in [0, 0.1) is 0 Å². The zero-order valence-corrected chi connectivity index (χ0v) is 14.7. The molecule has 1 saturated heterocycles. The Balaban J connectivity index is 2.05. The summed E-state index contributed by atoms with van der Waals surface area (Å²) in [5.41, 5.74) is 0. The van der Waals surface area contributed by atoms with E-state index in [0.29, 0.717) is 0 Å². The molecule has 118 valence electrons. The lowest BCUT2D eigenvalue weighted by Crippen LogP contribution is -2.59. The molecule has 1 aromatic carbocycles. The van der Waals surface area contributed by atoms with Crippen LogP contribution in [0.5, 0.6) is 0 Å². The van der Waals surface area contributed by atoms with E-state index in [-0.39, 0.29) is 25.3 Å². The molecular formula is C11H20O7Si3. The van der Waals surface area contributed by atoms with Crippen molar-refractivity contribution in [2.75, 3.05) is 13.2 Å². The molecule has 0 saturated carbocycles. The second-order valence-electron chi connectivity index (χ2n) is 5.10. The topological polar surface area (TPSA) is 109 Å². The normalized spacial score (nSPS) is 31.5. The lowest BCUT2D eigenvalue weighted by Gasteiger charge is -2.34. The highest BCUT2D eigenvalue weighted by Crippen LogP contribution is 2.21. The minimum Gasteiger partial charge on any atom is -0.407 e. The van der Waals surface area contributed by atoms with Crippen molar-refractivity contribution in [1.82, 2.24) is 0 Å². The molecule has 7 nitrogen and oxygen atoms in total. The first kappa shape index (κ1) is 17.0. The van der Waals surface area contributed by atoms with Gasteiger partial charge in [0.25, 0.3) is 0 Å². The molecule has 0 radical (unpaired) electrons. The van der Waals surface area contributed by atoms with Gasteiger partial charge in [-0.25, -0.2) is 0 Å². The first-order valence-electron chi connectivity index (χ1n) is 6.66. The third kappa shape index (κ3) is 4.79. The second-order valence-corrected chi connectivity index (χ2v) is 12.9. The maximum absolute atomic E-state index is 10.7. The third-order valence-electron chi connectivity index (χ3n) is 3.11. The van der Waals surface area contributed by atoms with E-state index in [4.69, 9.17) is 13.0 Å². The van der Waals surface area contributed by atoms with Crippen molar-refractivity contribution < 1.29 is 32.1 Å². The molecule has 4 N–H and O–H groups in total. The zero-order valence-electron chi connectivity index (χ0n) is 11.7. The highest BCUT2D eigenvalue weighted by Gasteiger charge is 2.48. The molecule has 0 bridgehead atoms. The van der Waals surface area contributed by atoms with Crippen LogP contribution in [0.25, 0.3) is 0 Å². The molecule has 2 unspecified atom stereocenters. The first-order valence-corrected chi connectivity index (χ1v) is 13.0. The summed E-state index contributed by atoms with van der Waals surface area (Å²) in [4.78, 5) is 39.6. The summed E-state index contributed by atoms with van der Waals surface area (Å²) in [6, 6.07) is 9.37. The summed E-state index contributed by atoms with van der Waals surface area (Å²) < 4.78 is 15.9. The number of hydrogen-bond donors (Lipinski definition) is 4. The summed E-state index contributed by atoms with van der Waals surface area (Å²) in [6.07, 6.45) is 0. The van der Waals surface area contributed by atoms with E-state index in [1.165, 1.54) is 0 Å². The molecule has 1 aliphatic heterocycles. The lowest BCUT2D eigenvalue weighted by atomic mass is 10.4. The lowest BCUT2D eigenvalue weighted by molar-refractivity contribution is 0.102. The largest absolute Gasteiger partial charge is 0.493 e. The first-order chi connectivity index (χ1) is 9.73. The van der Waals surface area contributed by atoms with Gasteiger partial charge in [0.15, 0.2) is 0 Å². The van der Waals surface area contributed by atoms with Gasteiger partial charge >= 0.3 is 26.2 Å². The Bertz CT molecular complexity index is 455. The average Bonchev–Trinajstić information content (AvgIpc) is 2.36. The number of hydrogen-bond acceptors (Lipinski definition) is 7. The fourth-order valence-corrected chi connectivity index (χ4v) is 8.68. The van der Waals surface area contributed by atoms with Crippen LogP contribution in [0.15, 0.2) is 30.3 Å². The summed E-state index contributed by atoms with van der Waals surface area (Å²) >= 11 is 0. The Morgan fingerprint density at radius 3 is 2.29 bits per heavy atom. The smallest absolute Gasteiger partial charge is 0.407 e. The number of rotatable bonds is 3. The average molecular weight is 349 g/mol. The Labute approximate surface area is 126 Å². The molecule has 0 amide bonds. The summed E-state index contributed by atoms with van der Waals surface area (Å²) in [5, 5.41) is 0.741. The predicted octanol–water partition coefficient (Wildman–Crippen LogP) is -1.12. The molecule has 0 aliphatic carbocycles. The minimum atomic E-state index is -3.88. The molecule has 10 heteroatoms. The van der Waals surface area contributed by atoms with Crippen LogP contribution in [-0.4, -0.2) is 58.6 Å². The fraction of sp³-hybridized carbons (Fsp3) is 0.455. The van der Waals surface area contributed by atoms with Crippen LogP contribution in [0.4, 0.5) is 0 Å². The van der Waals surface area contributed by atoms with Gasteiger partial charge in [-0.2, -0.15) is 0 Å². The number of benzene rings is 1. The summed E-state index contributed by atoms with van der Waals surface area (Å²) in [7, 11) is -10.6. The minimum absolute atomic E-state index is 0.0128. The molecule has 21 heavy (non-hydrogen) atoms. The van der Waals surface area contributed by atoms with E-state index in [2.05, 4.69) is 0 Å². The van der Waals surface area contributed by atoms with Crippen molar-refractivity contribution in [1.29, 1.82) is 0 Å². The SMILES string of the molecule is C[Si](O)(O)O[Si]1(O)CCO[Si](O)(c2ccccc2)CCO1. The summed E-state index contributed by atoms with van der Waals surface area (Å²) in [6.45, 7) is 1.23. The van der Waals surface area contributed by atoms with Gasteiger partial charge in [-0.3, -0.25) is 0 Å². The van der Waals surface area contributed by atoms with E-state index in [1.807, 2.05) is 18.2 Å². The van der Waals surface area contributed by atoms with E-state index in [1.54, 1.807) is 12.1 Å². The van der Waals surface area contributed by atoms with Crippen molar-refractivity contribution in [2.24, 2.45) is 0 Å². The Kier molecular flexibility index (Phi) is 5.15. The van der Waals surface area contributed by atoms with Crippen molar-refractivity contribution >= 4 is 31.4 Å². The van der Waals surface area contributed by atoms with Gasteiger partial charge in [-0.05, 0) is 5.19 Å². The molecule has 1 aromatic rings. The van der Waals surface area contributed by atoms with Crippen molar-refractivity contribution in [3.63, 3.8) is 0 Å². The Hall–Kier alpha value is -0.409. The highest BCUT2D eigenvalue weighted by molar-refractivity contribution is 6.80. The quantitative estimate of drug-likeness (QED) is 0.512.